The summed E-state index contributed by atoms with van der Waals surface area (Å²) in [5.41, 5.74) is -0.611. The van der Waals surface area contributed by atoms with E-state index in [0.717, 1.165) is 54.7 Å². The summed E-state index contributed by atoms with van der Waals surface area (Å²) in [6.07, 6.45) is 3.44. The lowest BCUT2D eigenvalue weighted by atomic mass is 9.99. The smallest absolute Gasteiger partial charge is 0.433 e. The van der Waals surface area contributed by atoms with Gasteiger partial charge in [-0.3, -0.25) is 19.3 Å². The number of nitrogens with zero attached hydrogens (tertiary/aromatic N) is 3. The summed E-state index contributed by atoms with van der Waals surface area (Å²) >= 11 is 0. The predicted molar refractivity (Wildman–Crippen MR) is 204 cm³/mol. The van der Waals surface area contributed by atoms with Crippen molar-refractivity contribution in [2.75, 3.05) is 6.54 Å². The van der Waals surface area contributed by atoms with Gasteiger partial charge in [0, 0.05) is 25.7 Å². The van der Waals surface area contributed by atoms with E-state index in [1.807, 2.05) is 24.3 Å². The topological polar surface area (TPSA) is 218 Å². The molecule has 2 aromatic carbocycles. The molecule has 5 atom stereocenters. The molecular formula is C40H49N5O11S. The first-order chi connectivity index (χ1) is 27.0. The van der Waals surface area contributed by atoms with Gasteiger partial charge < -0.3 is 24.8 Å². The first-order valence-corrected chi connectivity index (χ1v) is 20.8. The molecule has 1 unspecified atom stereocenters. The van der Waals surface area contributed by atoms with Crippen LogP contribution in [0.5, 0.6) is 0 Å². The molecule has 57 heavy (non-hydrogen) atoms. The van der Waals surface area contributed by atoms with Crippen LogP contribution in [-0.4, -0.2) is 95.2 Å². The van der Waals surface area contributed by atoms with E-state index in [-0.39, 0.29) is 29.8 Å². The van der Waals surface area contributed by atoms with Crippen molar-refractivity contribution in [1.29, 1.82) is 0 Å². The van der Waals surface area contributed by atoms with Gasteiger partial charge in [-0.05, 0) is 81.3 Å². The van der Waals surface area contributed by atoms with Crippen molar-refractivity contribution in [3.63, 3.8) is 0 Å². The molecule has 16 nitrogen and oxygen atoms in total. The molecule has 3 N–H and O–H groups in total. The molecule has 0 bridgehead atoms. The molecule has 2 aromatic rings. The third kappa shape index (κ3) is 9.80. The fourth-order valence-corrected chi connectivity index (χ4v) is 8.81. The maximum atomic E-state index is 14.4. The van der Waals surface area contributed by atoms with E-state index < -0.39 is 81.0 Å². The normalized spacial score (nSPS) is 25.6. The van der Waals surface area contributed by atoms with Crippen molar-refractivity contribution >= 4 is 52.1 Å². The molecule has 2 saturated heterocycles. The molecule has 3 fully saturated rings. The number of carboxylic acid groups (broad SMARTS) is 1. The molecule has 3 heterocycles. The van der Waals surface area contributed by atoms with Crippen LogP contribution in [0.2, 0.25) is 0 Å². The number of aliphatic imine (C=N–C) groups is 1. The van der Waals surface area contributed by atoms with Gasteiger partial charge in [-0.15, -0.1) is 0 Å². The Morgan fingerprint density at radius 1 is 0.947 bits per heavy atom. The third-order valence-electron chi connectivity index (χ3n) is 10.8. The quantitative estimate of drug-likeness (QED) is 0.344. The number of hydrogen-bond donors (Lipinski definition) is 3. The highest BCUT2D eigenvalue weighted by atomic mass is 32.2. The van der Waals surface area contributed by atoms with Crippen molar-refractivity contribution < 1.29 is 51.8 Å². The number of hydrogen-bond acceptors (Lipinski definition) is 10. The lowest BCUT2D eigenvalue weighted by Gasteiger charge is -2.28. The number of nitrogens with one attached hydrogen (secondary N) is 2. The number of fused-ring (bicyclic) bond motifs is 3. The fraction of sp³-hybridized carbons (Fsp3) is 0.525. The van der Waals surface area contributed by atoms with Gasteiger partial charge in [-0.2, -0.15) is 4.99 Å². The van der Waals surface area contributed by atoms with Crippen LogP contribution < -0.4 is 10.0 Å². The van der Waals surface area contributed by atoms with Crippen LogP contribution in [0.25, 0.3) is 0 Å². The van der Waals surface area contributed by atoms with Crippen molar-refractivity contribution in [2.24, 2.45) is 16.8 Å². The first kappa shape index (κ1) is 41.3. The fourth-order valence-electron chi connectivity index (χ4n) is 7.77. The molecule has 1 saturated carbocycles. The van der Waals surface area contributed by atoms with E-state index in [1.54, 1.807) is 20.8 Å². The Balaban J connectivity index is 1.26. The van der Waals surface area contributed by atoms with Crippen LogP contribution in [0.1, 0.15) is 100 Å². The van der Waals surface area contributed by atoms with Gasteiger partial charge in [-0.1, -0.05) is 56.4 Å². The monoisotopic (exact) mass is 807 g/mol. The minimum absolute atomic E-state index is 0.101. The van der Waals surface area contributed by atoms with Crippen molar-refractivity contribution in [1.82, 2.24) is 19.8 Å². The van der Waals surface area contributed by atoms with Gasteiger partial charge in [0.05, 0.1) is 22.9 Å². The van der Waals surface area contributed by atoms with Crippen LogP contribution in [0.15, 0.2) is 58.4 Å². The maximum absolute atomic E-state index is 14.4. The van der Waals surface area contributed by atoms with E-state index in [9.17, 15) is 42.3 Å². The van der Waals surface area contributed by atoms with Crippen LogP contribution in [0.3, 0.4) is 0 Å². The SMILES string of the molecule is CC(C)(C)OC(=O)N=CC1CCCCCCC[C@@H]2C[C@@]2(C(=O)NS(=O)(=O)c2ccc(C(=O)O)cc2)NC(=O)[C@@H]2C[C@@H](OC(=O)N3Cc4ccccc4C3)CN2C1=O. The number of carbonyl (C=O) groups excluding carboxylic acids is 5. The average Bonchev–Trinajstić information content (AvgIpc) is 3.44. The molecular weight excluding hydrogens is 759 g/mol. The molecule has 5 amide bonds. The maximum Gasteiger partial charge on any atom is 0.433 e. The molecule has 1 aliphatic carbocycles. The van der Waals surface area contributed by atoms with E-state index >= 15 is 0 Å². The van der Waals surface area contributed by atoms with Gasteiger partial charge in [0.25, 0.3) is 15.9 Å². The van der Waals surface area contributed by atoms with E-state index in [4.69, 9.17) is 9.47 Å². The van der Waals surface area contributed by atoms with Crippen LogP contribution >= 0.6 is 0 Å². The minimum atomic E-state index is -4.48. The highest BCUT2D eigenvalue weighted by molar-refractivity contribution is 7.90. The summed E-state index contributed by atoms with van der Waals surface area (Å²) in [6.45, 7) is 5.60. The molecule has 17 heteroatoms. The molecule has 4 aliphatic rings. The summed E-state index contributed by atoms with van der Waals surface area (Å²) in [5, 5.41) is 12.0. The Bertz CT molecular complexity index is 2020. The number of carboxylic acids is 1. The zero-order chi connectivity index (χ0) is 41.1. The highest BCUT2D eigenvalue weighted by Gasteiger charge is 2.62. The number of aromatic carboxylic acids is 1. The van der Waals surface area contributed by atoms with E-state index in [2.05, 4.69) is 15.0 Å². The van der Waals surface area contributed by atoms with Gasteiger partial charge in [0.15, 0.2) is 0 Å². The standard InChI is InChI=1S/C40H49N5O11S/c1-39(2,3)56-37(51)41-21-26-11-7-5-4-6-8-14-29-20-40(29,36(50)43-57(53,54)31-17-15-25(16-18-31)35(48)49)42-33(46)32-19-30(24-45(32)34(26)47)55-38(52)44-22-27-12-9-10-13-28(27)23-44/h9-10,12-13,15-18,21,26,29-30,32H,4-8,11,14,19-20,22-24H2,1-3H3,(H,42,46)(H,43,50)(H,48,49)/t26?,29-,30-,32+,40-/m1/s1. The van der Waals surface area contributed by atoms with Crippen LogP contribution in [0, 0.1) is 11.8 Å². The zero-order valence-corrected chi connectivity index (χ0v) is 33.1. The average molecular weight is 808 g/mol. The van der Waals surface area contributed by atoms with Crippen LogP contribution in [-0.2, 0) is 47.0 Å². The molecule has 0 radical (unpaired) electrons. The highest BCUT2D eigenvalue weighted by Crippen LogP contribution is 2.48. The van der Waals surface area contributed by atoms with Crippen LogP contribution in [0.4, 0.5) is 9.59 Å². The number of ether oxygens (including phenoxy) is 2. The molecule has 3 aliphatic heterocycles. The van der Waals surface area contributed by atoms with Gasteiger partial charge in [0.1, 0.15) is 23.3 Å². The van der Waals surface area contributed by atoms with Crippen molar-refractivity contribution in [3.05, 3.63) is 65.2 Å². The Kier molecular flexibility index (Phi) is 12.1. The Hall–Kier alpha value is -5.32. The summed E-state index contributed by atoms with van der Waals surface area (Å²) in [7, 11) is -4.48. The Labute approximate surface area is 331 Å². The number of rotatable bonds is 6. The van der Waals surface area contributed by atoms with Crippen molar-refractivity contribution in [2.45, 2.75) is 120 Å². The third-order valence-corrected chi connectivity index (χ3v) is 12.2. The zero-order valence-electron chi connectivity index (χ0n) is 32.3. The summed E-state index contributed by atoms with van der Waals surface area (Å²) in [4.78, 5) is 86.5. The van der Waals surface area contributed by atoms with E-state index in [0.29, 0.717) is 38.8 Å². The Morgan fingerprint density at radius 2 is 1.58 bits per heavy atom. The van der Waals surface area contributed by atoms with Crippen molar-refractivity contribution in [3.8, 4) is 0 Å². The second-order valence-electron chi connectivity index (χ2n) is 16.2. The Morgan fingerprint density at radius 3 is 2.21 bits per heavy atom. The summed E-state index contributed by atoms with van der Waals surface area (Å²) < 4.78 is 40.0. The molecule has 306 valence electrons. The minimum Gasteiger partial charge on any atom is -0.478 e. The predicted octanol–water partition coefficient (Wildman–Crippen LogP) is 4.55. The first-order valence-electron chi connectivity index (χ1n) is 19.3. The number of benzene rings is 2. The number of carbonyl (C=O) groups is 6. The molecule has 6 rings (SSSR count). The summed E-state index contributed by atoms with van der Waals surface area (Å²) in [6, 6.07) is 10.7. The van der Waals surface area contributed by atoms with E-state index in [1.165, 1.54) is 16.0 Å². The van der Waals surface area contributed by atoms with Gasteiger partial charge in [-0.25, -0.2) is 27.5 Å². The lowest BCUT2D eigenvalue weighted by Crippen LogP contribution is -2.56. The lowest BCUT2D eigenvalue weighted by molar-refractivity contribution is -0.141. The summed E-state index contributed by atoms with van der Waals surface area (Å²) in [5.74, 6) is -4.79. The molecule has 0 aromatic heterocycles. The molecule has 0 spiro atoms. The van der Waals surface area contributed by atoms with Gasteiger partial charge >= 0.3 is 18.2 Å². The number of sulfonamides is 1. The number of amides is 5. The van der Waals surface area contributed by atoms with Gasteiger partial charge in [0.2, 0.25) is 11.8 Å². The largest absolute Gasteiger partial charge is 0.478 e. The second kappa shape index (κ2) is 16.6. The second-order valence-corrected chi connectivity index (χ2v) is 17.9.